The molecule has 2 fully saturated rings. The Hall–Kier alpha value is -2.23. The van der Waals surface area contributed by atoms with Crippen LogP contribution in [0.5, 0.6) is 0 Å². The minimum absolute atomic E-state index is 0.0308. The van der Waals surface area contributed by atoms with Gasteiger partial charge >= 0.3 is 0 Å². The number of anilines is 1. The predicted octanol–water partition coefficient (Wildman–Crippen LogP) is 2.59. The smallest absolute Gasteiger partial charge is 0.241 e. The molecule has 4 unspecified atom stereocenters. The van der Waals surface area contributed by atoms with Gasteiger partial charge in [0.05, 0.1) is 17.0 Å². The molecule has 1 heterocycles. The first-order valence-corrected chi connectivity index (χ1v) is 7.62. The van der Waals surface area contributed by atoms with Gasteiger partial charge in [-0.05, 0) is 56.4 Å². The molecule has 2 aliphatic carbocycles. The summed E-state index contributed by atoms with van der Waals surface area (Å²) >= 11 is 0. The molecule has 0 radical (unpaired) electrons. The number of amides is 2. The standard InChI is InChI=1S/C18H17NO3/c1-10(20)11-4-7-14(8-5-11)19-16(21)15-12-3-6-13(9-12)18(15,2)17(19)22/h3-8,12-13,15H,9H2,1-2H3. The van der Waals surface area contributed by atoms with Crippen molar-refractivity contribution >= 4 is 23.3 Å². The number of benzene rings is 1. The Kier molecular flexibility index (Phi) is 2.54. The summed E-state index contributed by atoms with van der Waals surface area (Å²) in [6.45, 7) is 3.42. The van der Waals surface area contributed by atoms with E-state index >= 15 is 0 Å². The number of rotatable bonds is 2. The number of hydrogen-bond acceptors (Lipinski definition) is 3. The van der Waals surface area contributed by atoms with Crippen LogP contribution in [0.15, 0.2) is 36.4 Å². The summed E-state index contributed by atoms with van der Waals surface area (Å²) in [7, 11) is 0. The van der Waals surface area contributed by atoms with Gasteiger partial charge < -0.3 is 0 Å². The van der Waals surface area contributed by atoms with Crippen molar-refractivity contribution in [1.82, 2.24) is 0 Å². The third-order valence-electron chi connectivity index (χ3n) is 5.64. The van der Waals surface area contributed by atoms with E-state index in [1.807, 2.05) is 6.92 Å². The number of hydrogen-bond donors (Lipinski definition) is 0. The zero-order valence-electron chi connectivity index (χ0n) is 12.6. The lowest BCUT2D eigenvalue weighted by atomic mass is 9.71. The lowest BCUT2D eigenvalue weighted by Crippen LogP contribution is -2.37. The number of allylic oxidation sites excluding steroid dienone is 2. The molecule has 0 spiro atoms. The van der Waals surface area contributed by atoms with Crippen molar-refractivity contribution < 1.29 is 14.4 Å². The molecule has 112 valence electrons. The highest BCUT2D eigenvalue weighted by molar-refractivity contribution is 6.24. The first-order chi connectivity index (χ1) is 10.4. The van der Waals surface area contributed by atoms with Gasteiger partial charge in [0.15, 0.2) is 5.78 Å². The lowest BCUT2D eigenvalue weighted by Gasteiger charge is -2.28. The van der Waals surface area contributed by atoms with E-state index in [0.29, 0.717) is 11.3 Å². The molecular weight excluding hydrogens is 278 g/mol. The maximum absolute atomic E-state index is 12.9. The molecule has 3 aliphatic rings. The molecule has 22 heavy (non-hydrogen) atoms. The van der Waals surface area contributed by atoms with Crippen molar-refractivity contribution in [2.45, 2.75) is 20.3 Å². The van der Waals surface area contributed by atoms with Gasteiger partial charge in [0, 0.05) is 5.56 Å². The van der Waals surface area contributed by atoms with E-state index in [1.54, 1.807) is 24.3 Å². The van der Waals surface area contributed by atoms with Crippen molar-refractivity contribution in [3.8, 4) is 0 Å². The zero-order valence-corrected chi connectivity index (χ0v) is 12.6. The van der Waals surface area contributed by atoms with Gasteiger partial charge in [-0.15, -0.1) is 0 Å². The van der Waals surface area contributed by atoms with Gasteiger partial charge in [0.1, 0.15) is 0 Å². The fraction of sp³-hybridized carbons (Fsp3) is 0.389. The van der Waals surface area contributed by atoms with Gasteiger partial charge in [-0.2, -0.15) is 0 Å². The number of imide groups is 1. The Labute approximate surface area is 128 Å². The summed E-state index contributed by atoms with van der Waals surface area (Å²) in [5, 5.41) is 0. The van der Waals surface area contributed by atoms with Crippen molar-refractivity contribution in [3.05, 3.63) is 42.0 Å². The molecule has 1 aromatic carbocycles. The van der Waals surface area contributed by atoms with Crippen molar-refractivity contribution in [1.29, 1.82) is 0 Å². The molecule has 1 aromatic rings. The van der Waals surface area contributed by atoms with Gasteiger partial charge in [-0.25, -0.2) is 4.90 Å². The second-order valence-corrected chi connectivity index (χ2v) is 6.73. The summed E-state index contributed by atoms with van der Waals surface area (Å²) in [5.74, 6) is -0.109. The Morgan fingerprint density at radius 2 is 1.86 bits per heavy atom. The normalized spacial score (nSPS) is 35.4. The van der Waals surface area contributed by atoms with E-state index in [0.717, 1.165) is 6.42 Å². The minimum atomic E-state index is -0.601. The van der Waals surface area contributed by atoms with E-state index in [4.69, 9.17) is 0 Å². The zero-order chi connectivity index (χ0) is 15.6. The molecule has 2 bridgehead atoms. The van der Waals surface area contributed by atoms with Crippen LogP contribution >= 0.6 is 0 Å². The van der Waals surface area contributed by atoms with Crippen LogP contribution < -0.4 is 4.90 Å². The molecule has 1 aliphatic heterocycles. The summed E-state index contributed by atoms with van der Waals surface area (Å²) in [6.07, 6.45) is 5.09. The highest BCUT2D eigenvalue weighted by Crippen LogP contribution is 2.60. The molecule has 4 atom stereocenters. The first-order valence-electron chi connectivity index (χ1n) is 7.62. The number of fused-ring (bicyclic) bond motifs is 5. The molecule has 4 heteroatoms. The number of carbonyl (C=O) groups excluding carboxylic acids is 3. The fourth-order valence-electron chi connectivity index (χ4n) is 4.40. The topological polar surface area (TPSA) is 54.5 Å². The summed E-state index contributed by atoms with van der Waals surface area (Å²) in [4.78, 5) is 38.4. The molecule has 1 saturated carbocycles. The Morgan fingerprint density at radius 1 is 1.18 bits per heavy atom. The monoisotopic (exact) mass is 295 g/mol. The second-order valence-electron chi connectivity index (χ2n) is 6.73. The van der Waals surface area contributed by atoms with Crippen LogP contribution in [0.1, 0.15) is 30.6 Å². The SMILES string of the molecule is CC(=O)c1ccc(N2C(=O)C3C4C=CC(C4)C3(C)C2=O)cc1. The van der Waals surface area contributed by atoms with Crippen LogP contribution in [0, 0.1) is 23.2 Å². The minimum Gasteiger partial charge on any atom is -0.295 e. The van der Waals surface area contributed by atoms with Crippen molar-refractivity contribution in [2.75, 3.05) is 4.90 Å². The Bertz CT molecular complexity index is 733. The summed E-state index contributed by atoms with van der Waals surface area (Å²) < 4.78 is 0. The maximum Gasteiger partial charge on any atom is 0.241 e. The highest BCUT2D eigenvalue weighted by atomic mass is 16.2. The van der Waals surface area contributed by atoms with Crippen LogP contribution in [0.25, 0.3) is 0 Å². The van der Waals surface area contributed by atoms with E-state index in [2.05, 4.69) is 12.2 Å². The van der Waals surface area contributed by atoms with Crippen LogP contribution in [0.3, 0.4) is 0 Å². The summed E-state index contributed by atoms with van der Waals surface area (Å²) in [6, 6.07) is 6.71. The van der Waals surface area contributed by atoms with Gasteiger partial charge in [-0.1, -0.05) is 12.2 Å². The lowest BCUT2D eigenvalue weighted by molar-refractivity contribution is -0.127. The molecule has 4 nitrogen and oxygen atoms in total. The number of nitrogens with zero attached hydrogens (tertiary/aromatic N) is 1. The van der Waals surface area contributed by atoms with Crippen LogP contribution in [-0.4, -0.2) is 17.6 Å². The maximum atomic E-state index is 12.9. The fourth-order valence-corrected chi connectivity index (χ4v) is 4.40. The number of carbonyl (C=O) groups is 3. The number of ketones is 1. The third-order valence-corrected chi connectivity index (χ3v) is 5.64. The second kappa shape index (κ2) is 4.15. The molecule has 1 saturated heterocycles. The van der Waals surface area contributed by atoms with Crippen LogP contribution in [0.2, 0.25) is 0 Å². The molecule has 4 rings (SSSR count). The van der Waals surface area contributed by atoms with E-state index in [9.17, 15) is 14.4 Å². The molecular formula is C18H17NO3. The van der Waals surface area contributed by atoms with E-state index < -0.39 is 5.41 Å². The summed E-state index contributed by atoms with van der Waals surface area (Å²) in [5.41, 5.74) is 0.543. The average molecular weight is 295 g/mol. The van der Waals surface area contributed by atoms with Gasteiger partial charge in [-0.3, -0.25) is 14.4 Å². The average Bonchev–Trinajstić information content (AvgIpc) is 3.12. The van der Waals surface area contributed by atoms with Crippen molar-refractivity contribution in [3.63, 3.8) is 0 Å². The van der Waals surface area contributed by atoms with Gasteiger partial charge in [0.25, 0.3) is 0 Å². The van der Waals surface area contributed by atoms with Crippen LogP contribution in [-0.2, 0) is 9.59 Å². The highest BCUT2D eigenvalue weighted by Gasteiger charge is 2.67. The molecule has 2 amide bonds. The van der Waals surface area contributed by atoms with Gasteiger partial charge in [0.2, 0.25) is 11.8 Å². The quantitative estimate of drug-likeness (QED) is 0.479. The first kappa shape index (κ1) is 13.4. The van der Waals surface area contributed by atoms with E-state index in [1.165, 1.54) is 11.8 Å². The molecule has 0 N–H and O–H groups in total. The Balaban J connectivity index is 1.74. The predicted molar refractivity (Wildman–Crippen MR) is 81.3 cm³/mol. The largest absolute Gasteiger partial charge is 0.295 e. The Morgan fingerprint density at radius 3 is 2.45 bits per heavy atom. The van der Waals surface area contributed by atoms with Crippen molar-refractivity contribution in [2.24, 2.45) is 23.2 Å². The number of Topliss-reactive ketones (excluding diaryl/α,β-unsaturated/α-hetero) is 1. The van der Waals surface area contributed by atoms with Crippen LogP contribution in [0.4, 0.5) is 5.69 Å². The third kappa shape index (κ3) is 1.45. The van der Waals surface area contributed by atoms with E-state index in [-0.39, 0.29) is 35.4 Å². The molecule has 0 aromatic heterocycles.